The van der Waals surface area contributed by atoms with E-state index in [0.29, 0.717) is 37.0 Å². The normalized spacial score (nSPS) is 24.2. The van der Waals surface area contributed by atoms with Gasteiger partial charge in [0.1, 0.15) is 17.3 Å². The van der Waals surface area contributed by atoms with Crippen LogP contribution in [0.5, 0.6) is 5.75 Å². The van der Waals surface area contributed by atoms with Gasteiger partial charge in [-0.05, 0) is 56.3 Å². The van der Waals surface area contributed by atoms with Crippen molar-refractivity contribution in [1.82, 2.24) is 4.31 Å². The van der Waals surface area contributed by atoms with Crippen LogP contribution in [0.4, 0.5) is 0 Å². The average molecular weight is 425 g/mol. The van der Waals surface area contributed by atoms with Crippen LogP contribution in [0, 0.1) is 5.92 Å². The summed E-state index contributed by atoms with van der Waals surface area (Å²) >= 11 is 6.05. The highest BCUT2D eigenvalue weighted by atomic mass is 35.5. The van der Waals surface area contributed by atoms with Crippen LogP contribution >= 0.6 is 24.0 Å². The monoisotopic (exact) mass is 424 g/mol. The third-order valence-corrected chi connectivity index (χ3v) is 6.93. The summed E-state index contributed by atoms with van der Waals surface area (Å²) in [6.07, 6.45) is 3.89. The van der Waals surface area contributed by atoms with Crippen LogP contribution in [0.15, 0.2) is 23.1 Å². The average Bonchev–Trinajstić information content (AvgIpc) is 3.11. The first-order valence-electron chi connectivity index (χ1n) is 8.75. The van der Waals surface area contributed by atoms with Gasteiger partial charge in [0, 0.05) is 24.7 Å². The Bertz CT molecular complexity index is 696. The molecule has 6 nitrogen and oxygen atoms in total. The molecule has 0 aliphatic carbocycles. The van der Waals surface area contributed by atoms with Gasteiger partial charge in [-0.15, -0.1) is 12.4 Å². The molecule has 3 rings (SSSR count). The summed E-state index contributed by atoms with van der Waals surface area (Å²) in [5, 5.41) is 0.370. The van der Waals surface area contributed by atoms with Crippen molar-refractivity contribution in [3.8, 4) is 5.75 Å². The zero-order valence-electron chi connectivity index (χ0n) is 14.6. The van der Waals surface area contributed by atoms with Crippen LogP contribution in [-0.4, -0.2) is 51.7 Å². The molecule has 1 aromatic rings. The van der Waals surface area contributed by atoms with Crippen molar-refractivity contribution in [1.29, 1.82) is 0 Å². The first kappa shape index (κ1) is 21.7. The molecule has 148 valence electrons. The van der Waals surface area contributed by atoms with Crippen LogP contribution in [0.3, 0.4) is 0 Å². The Morgan fingerprint density at radius 3 is 2.77 bits per heavy atom. The van der Waals surface area contributed by atoms with Crippen molar-refractivity contribution < 1.29 is 17.9 Å². The number of benzene rings is 1. The third-order valence-electron chi connectivity index (χ3n) is 4.80. The fourth-order valence-electron chi connectivity index (χ4n) is 3.27. The van der Waals surface area contributed by atoms with Gasteiger partial charge in [-0.25, -0.2) is 8.42 Å². The molecule has 2 aliphatic rings. The minimum Gasteiger partial charge on any atom is -0.489 e. The minimum absolute atomic E-state index is 0. The van der Waals surface area contributed by atoms with Gasteiger partial charge in [-0.1, -0.05) is 11.6 Å². The van der Waals surface area contributed by atoms with E-state index in [9.17, 15) is 8.42 Å². The van der Waals surface area contributed by atoms with Gasteiger partial charge < -0.3 is 15.2 Å². The quantitative estimate of drug-likeness (QED) is 0.758. The molecule has 2 unspecified atom stereocenters. The second kappa shape index (κ2) is 9.57. The summed E-state index contributed by atoms with van der Waals surface area (Å²) in [5.74, 6) is 0.531. The molecule has 1 aromatic carbocycles. The number of hydrogen-bond acceptors (Lipinski definition) is 5. The van der Waals surface area contributed by atoms with Crippen LogP contribution in [0.25, 0.3) is 0 Å². The van der Waals surface area contributed by atoms with Gasteiger partial charge in [-0.3, -0.25) is 0 Å². The molecule has 2 atom stereocenters. The molecule has 2 saturated heterocycles. The number of nitrogens with two attached hydrogens (primary N) is 1. The molecule has 2 N–H and O–H groups in total. The summed E-state index contributed by atoms with van der Waals surface area (Å²) in [7, 11) is -3.66. The Balaban J connectivity index is 0.00000243. The zero-order chi connectivity index (χ0) is 17.9. The number of ether oxygens (including phenoxy) is 2. The van der Waals surface area contributed by atoms with Gasteiger partial charge in [0.15, 0.2) is 0 Å². The molecular weight excluding hydrogens is 399 g/mol. The third kappa shape index (κ3) is 5.03. The molecule has 2 fully saturated rings. The molecule has 0 amide bonds. The minimum atomic E-state index is -3.66. The molecule has 2 heterocycles. The molecule has 9 heteroatoms. The summed E-state index contributed by atoms with van der Waals surface area (Å²) in [4.78, 5) is 0.119. The van der Waals surface area contributed by atoms with Crippen LogP contribution in [-0.2, 0) is 14.8 Å². The number of nitrogens with zero attached hydrogens (tertiary/aromatic N) is 1. The van der Waals surface area contributed by atoms with E-state index in [1.165, 1.54) is 10.4 Å². The lowest BCUT2D eigenvalue weighted by atomic mass is 10.1. The molecule has 0 aromatic heterocycles. The summed E-state index contributed by atoms with van der Waals surface area (Å²) in [5.41, 5.74) is 5.68. The van der Waals surface area contributed by atoms with Crippen LogP contribution in [0.1, 0.15) is 25.7 Å². The lowest BCUT2D eigenvalue weighted by Crippen LogP contribution is -2.31. The first-order chi connectivity index (χ1) is 12.0. The first-order valence-corrected chi connectivity index (χ1v) is 10.6. The van der Waals surface area contributed by atoms with Crippen LogP contribution < -0.4 is 10.5 Å². The second-order valence-electron chi connectivity index (χ2n) is 6.64. The lowest BCUT2D eigenvalue weighted by Gasteiger charge is -2.24. The van der Waals surface area contributed by atoms with Gasteiger partial charge in [0.25, 0.3) is 0 Å². The molecule has 0 saturated carbocycles. The number of sulfonamides is 1. The second-order valence-corrected chi connectivity index (χ2v) is 8.99. The zero-order valence-corrected chi connectivity index (χ0v) is 17.0. The number of halogens is 2. The fourth-order valence-corrected chi connectivity index (χ4v) is 5.20. The van der Waals surface area contributed by atoms with Crippen molar-refractivity contribution in [2.75, 3.05) is 32.8 Å². The predicted octanol–water partition coefficient (Wildman–Crippen LogP) is 2.68. The highest BCUT2D eigenvalue weighted by Gasteiger charge is 2.34. The van der Waals surface area contributed by atoms with Crippen LogP contribution in [0.2, 0.25) is 5.02 Å². The fraction of sp³-hybridized carbons (Fsp3) is 0.647. The Morgan fingerprint density at radius 1 is 1.31 bits per heavy atom. The number of rotatable bonds is 6. The lowest BCUT2D eigenvalue weighted by molar-refractivity contribution is -0.0116. The number of hydrogen-bond donors (Lipinski definition) is 1. The Hall–Kier alpha value is -0.570. The van der Waals surface area contributed by atoms with E-state index in [0.717, 1.165) is 32.3 Å². The van der Waals surface area contributed by atoms with E-state index < -0.39 is 10.0 Å². The maximum atomic E-state index is 13.0. The van der Waals surface area contributed by atoms with Gasteiger partial charge in [0.2, 0.25) is 10.0 Å². The van der Waals surface area contributed by atoms with Crippen molar-refractivity contribution >= 4 is 34.0 Å². The smallest absolute Gasteiger partial charge is 0.246 e. The topological polar surface area (TPSA) is 81.9 Å². The maximum Gasteiger partial charge on any atom is 0.246 e. The molecule has 2 aliphatic heterocycles. The van der Waals surface area contributed by atoms with E-state index in [1.807, 2.05) is 0 Å². The Labute approximate surface area is 166 Å². The van der Waals surface area contributed by atoms with Crippen molar-refractivity contribution in [2.24, 2.45) is 11.7 Å². The molecule has 0 radical (unpaired) electrons. The molecular formula is C17H26Cl2N2O4S. The van der Waals surface area contributed by atoms with Gasteiger partial charge in [0.05, 0.1) is 6.10 Å². The molecule has 26 heavy (non-hydrogen) atoms. The summed E-state index contributed by atoms with van der Waals surface area (Å²) in [6.45, 7) is 2.48. The van der Waals surface area contributed by atoms with Gasteiger partial charge >= 0.3 is 0 Å². The van der Waals surface area contributed by atoms with Crippen molar-refractivity contribution in [3.05, 3.63) is 23.2 Å². The van der Waals surface area contributed by atoms with E-state index in [4.69, 9.17) is 26.8 Å². The van der Waals surface area contributed by atoms with Gasteiger partial charge in [-0.2, -0.15) is 4.31 Å². The van der Waals surface area contributed by atoms with E-state index in [-0.39, 0.29) is 29.3 Å². The Morgan fingerprint density at radius 2 is 2.12 bits per heavy atom. The maximum absolute atomic E-state index is 13.0. The van der Waals surface area contributed by atoms with E-state index in [2.05, 4.69) is 0 Å². The largest absolute Gasteiger partial charge is 0.489 e. The predicted molar refractivity (Wildman–Crippen MR) is 104 cm³/mol. The summed E-state index contributed by atoms with van der Waals surface area (Å²) < 4.78 is 39.0. The van der Waals surface area contributed by atoms with E-state index >= 15 is 0 Å². The van der Waals surface area contributed by atoms with Crippen molar-refractivity contribution in [3.63, 3.8) is 0 Å². The summed E-state index contributed by atoms with van der Waals surface area (Å²) in [6, 6.07) is 4.72. The standard InChI is InChI=1S/C17H25ClN2O4S.ClH/c18-14-4-5-16(24-12-15-3-1-2-8-23-15)17(9-14)25(21,22)20-7-6-13(10-19)11-20;/h4-5,9,13,15H,1-3,6-8,10-12,19H2;1H. The SMILES string of the molecule is Cl.NCC1CCN(S(=O)(=O)c2cc(Cl)ccc2OCC2CCCCO2)C1. The highest BCUT2D eigenvalue weighted by molar-refractivity contribution is 7.89. The molecule has 0 spiro atoms. The molecule has 0 bridgehead atoms. The highest BCUT2D eigenvalue weighted by Crippen LogP contribution is 2.32. The Kier molecular flexibility index (Phi) is 8.00. The van der Waals surface area contributed by atoms with Crippen molar-refractivity contribution in [2.45, 2.75) is 36.7 Å². The van der Waals surface area contributed by atoms with E-state index in [1.54, 1.807) is 12.1 Å².